The van der Waals surface area contributed by atoms with Gasteiger partial charge in [-0.3, -0.25) is 14.9 Å². The molecule has 4 rings (SSSR count). The lowest BCUT2D eigenvalue weighted by Crippen LogP contribution is -2.54. The Bertz CT molecular complexity index is 1300. The number of carbonyl (C=O) groups excluding carboxylic acids is 3. The fourth-order valence-corrected chi connectivity index (χ4v) is 5.58. The van der Waals surface area contributed by atoms with Gasteiger partial charge in [-0.1, -0.05) is 28.1 Å². The van der Waals surface area contributed by atoms with Gasteiger partial charge in [0.05, 0.1) is 12.8 Å². The first kappa shape index (κ1) is 24.8. The Hall–Kier alpha value is -2.32. The number of hydrogen-bond acceptors (Lipinski definition) is 4. The van der Waals surface area contributed by atoms with Crippen molar-refractivity contribution >= 4 is 90.7 Å². The number of rotatable bonds is 5. The average Bonchev–Trinajstić information content (AvgIpc) is 2.78. The summed E-state index contributed by atoms with van der Waals surface area (Å²) in [6, 6.07) is 15.4. The molecule has 0 unspecified atom stereocenters. The van der Waals surface area contributed by atoms with E-state index < -0.39 is 17.8 Å². The molecule has 6 nitrogen and oxygen atoms in total. The first-order valence-electron chi connectivity index (χ1n) is 9.76. The maximum Gasteiger partial charge on any atom is 0.335 e. The third-order valence-corrected chi connectivity index (χ3v) is 6.95. The summed E-state index contributed by atoms with van der Waals surface area (Å²) in [6.07, 6.45) is 1.45. The molecule has 0 aromatic heterocycles. The van der Waals surface area contributed by atoms with Crippen LogP contribution in [-0.4, -0.2) is 17.8 Å². The van der Waals surface area contributed by atoms with Crippen molar-refractivity contribution in [3.8, 4) is 5.75 Å². The van der Waals surface area contributed by atoms with Gasteiger partial charge in [0.25, 0.3) is 11.8 Å². The molecule has 3 aromatic rings. The third-order valence-electron chi connectivity index (χ3n) is 4.81. The van der Waals surface area contributed by atoms with Gasteiger partial charge in [0.15, 0.2) is 0 Å². The van der Waals surface area contributed by atoms with Crippen LogP contribution in [0.4, 0.5) is 14.9 Å². The molecule has 0 radical (unpaired) electrons. The first-order valence-corrected chi connectivity index (χ1v) is 12.7. The van der Waals surface area contributed by atoms with Crippen LogP contribution in [0.5, 0.6) is 5.75 Å². The Morgan fingerprint density at radius 3 is 2.21 bits per heavy atom. The van der Waals surface area contributed by atoms with E-state index in [-0.39, 0.29) is 18.0 Å². The Kier molecular flexibility index (Phi) is 7.67. The van der Waals surface area contributed by atoms with Gasteiger partial charge in [-0.2, -0.15) is 0 Å². The van der Waals surface area contributed by atoms with Crippen LogP contribution in [-0.2, 0) is 16.2 Å². The SMILES string of the molecule is O=C1NC(=O)N(c2ccc(Br)cc2)C(=O)/C1=C/c1cc(I)c(OCc2ccc(F)cc2)c(I)c1. The standard InChI is InChI=1S/C24H14BrFI2N2O4/c25-15-3-7-17(8-4-15)30-23(32)18(22(31)29-24(30)33)9-14-10-19(27)21(20(28)11-14)34-12-13-1-5-16(26)6-2-13/h1-11H,12H2,(H,29,31,33)/b18-9+. The topological polar surface area (TPSA) is 75.7 Å². The molecule has 0 atom stereocenters. The van der Waals surface area contributed by atoms with Gasteiger partial charge in [-0.25, -0.2) is 14.1 Å². The minimum Gasteiger partial charge on any atom is -0.487 e. The first-order chi connectivity index (χ1) is 16.2. The molecule has 10 heteroatoms. The quantitative estimate of drug-likeness (QED) is 0.196. The number of urea groups is 1. The van der Waals surface area contributed by atoms with E-state index in [2.05, 4.69) is 66.4 Å². The Morgan fingerprint density at radius 1 is 0.971 bits per heavy atom. The van der Waals surface area contributed by atoms with Crippen LogP contribution < -0.4 is 15.0 Å². The molecular formula is C24H14BrFI2N2O4. The predicted molar refractivity (Wildman–Crippen MR) is 146 cm³/mol. The number of benzene rings is 3. The number of anilines is 1. The number of barbiturate groups is 1. The zero-order valence-electron chi connectivity index (χ0n) is 17.2. The molecule has 34 heavy (non-hydrogen) atoms. The van der Waals surface area contributed by atoms with Gasteiger partial charge < -0.3 is 4.74 Å². The highest BCUT2D eigenvalue weighted by atomic mass is 127. The number of ether oxygens (including phenoxy) is 1. The highest BCUT2D eigenvalue weighted by Gasteiger charge is 2.36. The smallest absolute Gasteiger partial charge is 0.335 e. The summed E-state index contributed by atoms with van der Waals surface area (Å²) in [5.41, 5.74) is 1.61. The number of amides is 4. The fraction of sp³-hybridized carbons (Fsp3) is 0.0417. The van der Waals surface area contributed by atoms with Gasteiger partial charge in [0.1, 0.15) is 23.7 Å². The maximum absolute atomic E-state index is 13.1. The lowest BCUT2D eigenvalue weighted by molar-refractivity contribution is -0.122. The second kappa shape index (κ2) is 10.5. The Labute approximate surface area is 230 Å². The lowest BCUT2D eigenvalue weighted by Gasteiger charge is -2.26. The third kappa shape index (κ3) is 5.49. The van der Waals surface area contributed by atoms with E-state index >= 15 is 0 Å². The number of imide groups is 2. The molecular weight excluding hydrogens is 733 g/mol. The van der Waals surface area contributed by atoms with Crippen molar-refractivity contribution < 1.29 is 23.5 Å². The van der Waals surface area contributed by atoms with Crippen molar-refractivity contribution in [2.24, 2.45) is 0 Å². The summed E-state index contributed by atoms with van der Waals surface area (Å²) in [7, 11) is 0. The number of nitrogens with one attached hydrogen (secondary N) is 1. The van der Waals surface area contributed by atoms with Gasteiger partial charge in [-0.15, -0.1) is 0 Å². The van der Waals surface area contributed by atoms with Crippen molar-refractivity contribution in [2.45, 2.75) is 6.61 Å². The molecule has 0 saturated carbocycles. The molecule has 1 aliphatic heterocycles. The molecule has 1 N–H and O–H groups in total. The van der Waals surface area contributed by atoms with Crippen molar-refractivity contribution in [1.29, 1.82) is 0 Å². The average molecular weight is 747 g/mol. The Balaban J connectivity index is 1.60. The zero-order valence-corrected chi connectivity index (χ0v) is 23.1. The minimum absolute atomic E-state index is 0.158. The molecule has 4 amide bonds. The van der Waals surface area contributed by atoms with E-state index in [1.807, 2.05) is 0 Å². The summed E-state index contributed by atoms with van der Waals surface area (Å²) in [5.74, 6) is -1.14. The summed E-state index contributed by atoms with van der Waals surface area (Å²) >= 11 is 7.54. The van der Waals surface area contributed by atoms with E-state index in [9.17, 15) is 18.8 Å². The van der Waals surface area contributed by atoms with Crippen molar-refractivity contribution in [3.63, 3.8) is 0 Å². The van der Waals surface area contributed by atoms with Crippen LogP contribution >= 0.6 is 61.1 Å². The number of hydrogen-bond donors (Lipinski definition) is 1. The van der Waals surface area contributed by atoms with Crippen LogP contribution in [0.3, 0.4) is 0 Å². The molecule has 1 aliphatic rings. The van der Waals surface area contributed by atoms with Crippen LogP contribution in [0.2, 0.25) is 0 Å². The molecule has 1 fully saturated rings. The van der Waals surface area contributed by atoms with Crippen molar-refractivity contribution in [1.82, 2.24) is 5.32 Å². The highest BCUT2D eigenvalue weighted by molar-refractivity contribution is 14.1. The van der Waals surface area contributed by atoms with Gasteiger partial charge in [-0.05, 0) is 111 Å². The number of carbonyl (C=O) groups is 3. The van der Waals surface area contributed by atoms with Crippen molar-refractivity contribution in [2.75, 3.05) is 4.90 Å². The van der Waals surface area contributed by atoms with E-state index in [1.54, 1.807) is 48.5 Å². The summed E-state index contributed by atoms with van der Waals surface area (Å²) in [6.45, 7) is 0.262. The van der Waals surface area contributed by atoms with Crippen LogP contribution in [0, 0.1) is 13.0 Å². The lowest BCUT2D eigenvalue weighted by atomic mass is 10.1. The van der Waals surface area contributed by atoms with Gasteiger partial charge in [0.2, 0.25) is 0 Å². The number of nitrogens with zero attached hydrogens (tertiary/aromatic N) is 1. The molecule has 0 bridgehead atoms. The van der Waals surface area contributed by atoms with Crippen LogP contribution in [0.15, 0.2) is 70.7 Å². The number of halogens is 4. The summed E-state index contributed by atoms with van der Waals surface area (Å²) in [4.78, 5) is 38.8. The fourth-order valence-electron chi connectivity index (χ4n) is 3.19. The molecule has 1 heterocycles. The second-order valence-electron chi connectivity index (χ2n) is 7.16. The van der Waals surface area contributed by atoms with E-state index in [0.29, 0.717) is 17.0 Å². The van der Waals surface area contributed by atoms with Crippen molar-refractivity contribution in [3.05, 3.63) is 94.8 Å². The zero-order chi connectivity index (χ0) is 24.4. The minimum atomic E-state index is -0.803. The van der Waals surface area contributed by atoms with E-state index in [0.717, 1.165) is 22.1 Å². The molecule has 3 aromatic carbocycles. The predicted octanol–water partition coefficient (Wildman–Crippen LogP) is 6.04. The highest BCUT2D eigenvalue weighted by Crippen LogP contribution is 2.31. The largest absolute Gasteiger partial charge is 0.487 e. The van der Waals surface area contributed by atoms with E-state index in [1.165, 1.54) is 18.2 Å². The second-order valence-corrected chi connectivity index (χ2v) is 10.4. The van der Waals surface area contributed by atoms with Crippen LogP contribution in [0.25, 0.3) is 6.08 Å². The van der Waals surface area contributed by atoms with Gasteiger partial charge in [0, 0.05) is 4.47 Å². The molecule has 172 valence electrons. The van der Waals surface area contributed by atoms with Gasteiger partial charge >= 0.3 is 6.03 Å². The van der Waals surface area contributed by atoms with Crippen LogP contribution in [0.1, 0.15) is 11.1 Å². The molecule has 0 spiro atoms. The summed E-state index contributed by atoms with van der Waals surface area (Å²) in [5, 5.41) is 2.22. The normalized spacial score (nSPS) is 15.0. The maximum atomic E-state index is 13.1. The summed E-state index contributed by atoms with van der Waals surface area (Å²) < 4.78 is 21.3. The molecule has 0 aliphatic carbocycles. The monoisotopic (exact) mass is 746 g/mol. The Morgan fingerprint density at radius 2 is 1.59 bits per heavy atom. The van der Waals surface area contributed by atoms with E-state index in [4.69, 9.17) is 4.74 Å². The molecule has 1 saturated heterocycles.